The van der Waals surface area contributed by atoms with Crippen LogP contribution in [0.4, 0.5) is 0 Å². The minimum Gasteiger partial charge on any atom is -0.373 e. The van der Waals surface area contributed by atoms with E-state index in [9.17, 15) is 0 Å². The Hall–Kier alpha value is -0.980. The molecule has 6 heteroatoms. The molecule has 1 aliphatic heterocycles. The van der Waals surface area contributed by atoms with Crippen molar-refractivity contribution < 1.29 is 14.0 Å². The molecule has 2 atom stereocenters. The second-order valence-electron chi connectivity index (χ2n) is 5.61. The van der Waals surface area contributed by atoms with Crippen LogP contribution in [-0.4, -0.2) is 36.9 Å². The zero-order chi connectivity index (χ0) is 13.8. The molecule has 0 aromatic carbocycles. The summed E-state index contributed by atoms with van der Waals surface area (Å²) >= 11 is 0. The van der Waals surface area contributed by atoms with E-state index in [1.807, 2.05) is 0 Å². The minimum atomic E-state index is -0.131. The summed E-state index contributed by atoms with van der Waals surface area (Å²) in [5, 5.41) is 7.38. The molecule has 2 unspecified atom stereocenters. The van der Waals surface area contributed by atoms with E-state index >= 15 is 0 Å². The average Bonchev–Trinajstić information content (AvgIpc) is 3.00. The van der Waals surface area contributed by atoms with Gasteiger partial charge in [-0.3, -0.25) is 0 Å². The third-order valence-electron chi connectivity index (χ3n) is 4.25. The number of ether oxygens (including phenoxy) is 2. The first-order chi connectivity index (χ1) is 9.88. The molecule has 2 heterocycles. The Morgan fingerprint density at radius 2 is 2.15 bits per heavy atom. The standard InChI is InChI=1S/C14H23N3O3/c1-18-12(10-5-3-2-4-6-10)13-16-14(20-17-13)11-9-15-7-8-19-11/h10-12,15H,2-9H2,1H3. The maximum absolute atomic E-state index is 5.64. The summed E-state index contributed by atoms with van der Waals surface area (Å²) < 4.78 is 16.6. The summed E-state index contributed by atoms with van der Waals surface area (Å²) in [6.07, 6.45) is 6.05. The third kappa shape index (κ3) is 3.02. The smallest absolute Gasteiger partial charge is 0.257 e. The first kappa shape index (κ1) is 14.0. The van der Waals surface area contributed by atoms with Gasteiger partial charge in [0.15, 0.2) is 0 Å². The highest BCUT2D eigenvalue weighted by molar-refractivity contribution is 4.98. The zero-order valence-electron chi connectivity index (χ0n) is 12.0. The summed E-state index contributed by atoms with van der Waals surface area (Å²) in [6, 6.07) is 0. The Kier molecular flexibility index (Phi) is 4.65. The lowest BCUT2D eigenvalue weighted by atomic mass is 9.85. The number of nitrogens with one attached hydrogen (secondary N) is 1. The predicted octanol–water partition coefficient (Wildman–Crippen LogP) is 2.00. The molecule has 1 aromatic rings. The molecule has 112 valence electrons. The van der Waals surface area contributed by atoms with Crippen LogP contribution >= 0.6 is 0 Å². The van der Waals surface area contributed by atoms with Crippen LogP contribution in [0.1, 0.15) is 56.0 Å². The second kappa shape index (κ2) is 6.65. The number of hydrogen-bond acceptors (Lipinski definition) is 6. The molecule has 6 nitrogen and oxygen atoms in total. The number of rotatable bonds is 4. The van der Waals surface area contributed by atoms with Crippen molar-refractivity contribution in [2.24, 2.45) is 5.92 Å². The number of aromatic nitrogens is 2. The Morgan fingerprint density at radius 1 is 1.30 bits per heavy atom. The number of methoxy groups -OCH3 is 1. The summed E-state index contributed by atoms with van der Waals surface area (Å²) in [5.41, 5.74) is 0. The van der Waals surface area contributed by atoms with E-state index in [2.05, 4.69) is 15.5 Å². The van der Waals surface area contributed by atoms with Gasteiger partial charge in [0.2, 0.25) is 5.82 Å². The summed E-state index contributed by atoms with van der Waals surface area (Å²) in [7, 11) is 1.73. The largest absolute Gasteiger partial charge is 0.373 e. The fourth-order valence-electron chi connectivity index (χ4n) is 3.16. The third-order valence-corrected chi connectivity index (χ3v) is 4.25. The van der Waals surface area contributed by atoms with Crippen LogP contribution in [0.15, 0.2) is 4.52 Å². The van der Waals surface area contributed by atoms with Crippen LogP contribution in [0.3, 0.4) is 0 Å². The second-order valence-corrected chi connectivity index (χ2v) is 5.61. The van der Waals surface area contributed by atoms with Crippen LogP contribution in [0.5, 0.6) is 0 Å². The topological polar surface area (TPSA) is 69.4 Å². The number of morpholine rings is 1. The number of nitrogens with zero attached hydrogens (tertiary/aromatic N) is 2. The number of hydrogen-bond donors (Lipinski definition) is 1. The van der Waals surface area contributed by atoms with E-state index in [-0.39, 0.29) is 12.2 Å². The predicted molar refractivity (Wildman–Crippen MR) is 72.2 cm³/mol. The molecule has 1 saturated carbocycles. The van der Waals surface area contributed by atoms with Crippen LogP contribution in [-0.2, 0) is 9.47 Å². The van der Waals surface area contributed by atoms with E-state index < -0.39 is 0 Å². The fourth-order valence-corrected chi connectivity index (χ4v) is 3.16. The van der Waals surface area contributed by atoms with E-state index in [1.54, 1.807) is 7.11 Å². The van der Waals surface area contributed by atoms with Gasteiger partial charge < -0.3 is 19.3 Å². The highest BCUT2D eigenvalue weighted by Crippen LogP contribution is 2.35. The van der Waals surface area contributed by atoms with Crippen LogP contribution in [0, 0.1) is 5.92 Å². The van der Waals surface area contributed by atoms with Gasteiger partial charge in [0.1, 0.15) is 12.2 Å². The van der Waals surface area contributed by atoms with Crippen molar-refractivity contribution >= 4 is 0 Å². The Balaban J connectivity index is 1.70. The lowest BCUT2D eigenvalue weighted by molar-refractivity contribution is 0.00753. The first-order valence-corrected chi connectivity index (χ1v) is 7.57. The van der Waals surface area contributed by atoms with Gasteiger partial charge in [0, 0.05) is 20.2 Å². The molecule has 0 radical (unpaired) electrons. The normalized spacial score (nSPS) is 26.6. The van der Waals surface area contributed by atoms with E-state index in [4.69, 9.17) is 14.0 Å². The van der Waals surface area contributed by atoms with Gasteiger partial charge in [0.25, 0.3) is 5.89 Å². The lowest BCUT2D eigenvalue weighted by Gasteiger charge is -2.27. The Bertz CT molecular complexity index is 412. The van der Waals surface area contributed by atoms with Crippen molar-refractivity contribution in [3.63, 3.8) is 0 Å². The molecule has 0 bridgehead atoms. The quantitative estimate of drug-likeness (QED) is 0.910. The zero-order valence-corrected chi connectivity index (χ0v) is 12.0. The maximum Gasteiger partial charge on any atom is 0.257 e. The minimum absolute atomic E-state index is 0.0515. The molecule has 0 amide bonds. The van der Waals surface area contributed by atoms with Gasteiger partial charge in [-0.15, -0.1) is 0 Å². The van der Waals surface area contributed by atoms with Crippen LogP contribution < -0.4 is 5.32 Å². The Morgan fingerprint density at radius 3 is 2.85 bits per heavy atom. The molecule has 20 heavy (non-hydrogen) atoms. The molecule has 1 N–H and O–H groups in total. The maximum atomic E-state index is 5.64. The van der Waals surface area contributed by atoms with Crippen LogP contribution in [0.2, 0.25) is 0 Å². The molecular formula is C14H23N3O3. The molecular weight excluding hydrogens is 258 g/mol. The SMILES string of the molecule is COC(c1noc(C2CNCCO2)n1)C1CCCCC1. The van der Waals surface area contributed by atoms with Gasteiger partial charge in [-0.05, 0) is 18.8 Å². The van der Waals surface area contributed by atoms with Crippen molar-refractivity contribution in [1.29, 1.82) is 0 Å². The fraction of sp³-hybridized carbons (Fsp3) is 0.857. The summed E-state index contributed by atoms with van der Waals surface area (Å²) in [4.78, 5) is 4.51. The molecule has 1 aromatic heterocycles. The van der Waals surface area contributed by atoms with Crippen LogP contribution in [0.25, 0.3) is 0 Å². The molecule has 1 saturated heterocycles. The van der Waals surface area contributed by atoms with Crippen molar-refractivity contribution in [1.82, 2.24) is 15.5 Å². The summed E-state index contributed by atoms with van der Waals surface area (Å²) in [5.74, 6) is 1.73. The van der Waals surface area contributed by atoms with Crippen molar-refractivity contribution in [2.45, 2.75) is 44.3 Å². The first-order valence-electron chi connectivity index (χ1n) is 7.57. The van der Waals surface area contributed by atoms with Crippen molar-refractivity contribution in [3.8, 4) is 0 Å². The van der Waals surface area contributed by atoms with E-state index in [0.717, 1.165) is 13.1 Å². The molecule has 2 fully saturated rings. The highest BCUT2D eigenvalue weighted by atomic mass is 16.5. The highest BCUT2D eigenvalue weighted by Gasteiger charge is 2.30. The monoisotopic (exact) mass is 281 g/mol. The van der Waals surface area contributed by atoms with Crippen molar-refractivity contribution in [3.05, 3.63) is 11.7 Å². The Labute approximate surface area is 119 Å². The molecule has 1 aliphatic carbocycles. The van der Waals surface area contributed by atoms with Gasteiger partial charge in [0.05, 0.1) is 6.61 Å². The molecule has 3 rings (SSSR count). The van der Waals surface area contributed by atoms with Gasteiger partial charge in [-0.2, -0.15) is 4.98 Å². The average molecular weight is 281 g/mol. The van der Waals surface area contributed by atoms with Gasteiger partial charge in [-0.25, -0.2) is 0 Å². The van der Waals surface area contributed by atoms with Gasteiger partial charge >= 0.3 is 0 Å². The summed E-state index contributed by atoms with van der Waals surface area (Å²) in [6.45, 7) is 2.28. The van der Waals surface area contributed by atoms with Gasteiger partial charge in [-0.1, -0.05) is 24.4 Å². The lowest BCUT2D eigenvalue weighted by Crippen LogP contribution is -2.33. The van der Waals surface area contributed by atoms with E-state index in [1.165, 1.54) is 32.1 Å². The molecule has 2 aliphatic rings. The van der Waals surface area contributed by atoms with E-state index in [0.29, 0.717) is 24.2 Å². The van der Waals surface area contributed by atoms with Crippen molar-refractivity contribution in [2.75, 3.05) is 26.8 Å². The molecule has 0 spiro atoms.